The van der Waals surface area contributed by atoms with E-state index in [1.165, 1.54) is 5.56 Å². The predicted molar refractivity (Wildman–Crippen MR) is 73.9 cm³/mol. The summed E-state index contributed by atoms with van der Waals surface area (Å²) in [4.78, 5) is 2.17. The number of aromatic nitrogens is 1. The number of nitrogens with two attached hydrogens (primary N) is 1. The van der Waals surface area contributed by atoms with Gasteiger partial charge in [0.2, 0.25) is 0 Å². The van der Waals surface area contributed by atoms with Crippen LogP contribution in [0.25, 0.3) is 0 Å². The van der Waals surface area contributed by atoms with Gasteiger partial charge in [0.15, 0.2) is 11.6 Å². The van der Waals surface area contributed by atoms with Crippen LogP contribution in [0.5, 0.6) is 5.75 Å². The number of hydrogen-bond donors (Lipinski definition) is 1. The summed E-state index contributed by atoms with van der Waals surface area (Å²) in [6, 6.07) is 9.86. The van der Waals surface area contributed by atoms with E-state index < -0.39 is 0 Å². The van der Waals surface area contributed by atoms with Crippen LogP contribution in [0, 0.1) is 0 Å². The zero-order valence-electron chi connectivity index (χ0n) is 11.3. The first kappa shape index (κ1) is 13.4. The van der Waals surface area contributed by atoms with Crippen molar-refractivity contribution >= 4 is 5.82 Å². The number of anilines is 1. The SMILES string of the molecule is COc1cccc(CCN(C)Cc2cc(N)no2)c1. The van der Waals surface area contributed by atoms with Gasteiger partial charge in [-0.05, 0) is 31.2 Å². The van der Waals surface area contributed by atoms with Crippen molar-refractivity contribution in [2.24, 2.45) is 0 Å². The lowest BCUT2D eigenvalue weighted by atomic mass is 10.1. The van der Waals surface area contributed by atoms with Crippen molar-refractivity contribution in [1.29, 1.82) is 0 Å². The van der Waals surface area contributed by atoms with Crippen LogP contribution in [0.1, 0.15) is 11.3 Å². The predicted octanol–water partition coefficient (Wildman–Crippen LogP) is 1.94. The summed E-state index contributed by atoms with van der Waals surface area (Å²) in [5.41, 5.74) is 6.77. The average molecular weight is 261 g/mol. The van der Waals surface area contributed by atoms with Crippen molar-refractivity contribution in [3.63, 3.8) is 0 Å². The Balaban J connectivity index is 1.84. The van der Waals surface area contributed by atoms with Crippen LogP contribution in [0.3, 0.4) is 0 Å². The minimum absolute atomic E-state index is 0.427. The van der Waals surface area contributed by atoms with Gasteiger partial charge in [0.1, 0.15) is 5.75 Å². The molecule has 0 fully saturated rings. The molecule has 0 saturated carbocycles. The standard InChI is InChI=1S/C14H19N3O2/c1-17(10-13-9-14(15)16-19-13)7-6-11-4-3-5-12(8-11)18-2/h3-5,8-9H,6-7,10H2,1-2H3,(H2,15,16). The van der Waals surface area contributed by atoms with E-state index >= 15 is 0 Å². The molecule has 5 nitrogen and oxygen atoms in total. The molecule has 0 atom stereocenters. The molecular weight excluding hydrogens is 242 g/mol. The highest BCUT2D eigenvalue weighted by Crippen LogP contribution is 2.13. The van der Waals surface area contributed by atoms with Crippen LogP contribution in [-0.4, -0.2) is 30.8 Å². The molecule has 1 heterocycles. The molecule has 1 aromatic carbocycles. The molecule has 0 amide bonds. The molecule has 0 radical (unpaired) electrons. The fraction of sp³-hybridized carbons (Fsp3) is 0.357. The molecule has 19 heavy (non-hydrogen) atoms. The lowest BCUT2D eigenvalue weighted by Gasteiger charge is -2.14. The van der Waals surface area contributed by atoms with Gasteiger partial charge in [-0.1, -0.05) is 17.3 Å². The monoisotopic (exact) mass is 261 g/mol. The van der Waals surface area contributed by atoms with Crippen LogP contribution in [-0.2, 0) is 13.0 Å². The Kier molecular flexibility index (Phi) is 4.41. The second kappa shape index (κ2) is 6.24. The Morgan fingerprint density at radius 2 is 2.21 bits per heavy atom. The molecule has 0 bridgehead atoms. The zero-order chi connectivity index (χ0) is 13.7. The molecule has 2 N–H and O–H groups in total. The van der Waals surface area contributed by atoms with E-state index in [1.807, 2.05) is 19.2 Å². The molecule has 2 aromatic rings. The maximum atomic E-state index is 5.51. The topological polar surface area (TPSA) is 64.5 Å². The van der Waals surface area contributed by atoms with Gasteiger partial charge in [0, 0.05) is 12.6 Å². The second-order valence-electron chi connectivity index (χ2n) is 4.56. The number of nitrogen functional groups attached to an aromatic ring is 1. The van der Waals surface area contributed by atoms with Crippen molar-refractivity contribution < 1.29 is 9.26 Å². The van der Waals surface area contributed by atoms with Crippen molar-refractivity contribution in [2.45, 2.75) is 13.0 Å². The van der Waals surface area contributed by atoms with Gasteiger partial charge < -0.3 is 15.0 Å². The molecule has 0 aliphatic heterocycles. The van der Waals surface area contributed by atoms with Gasteiger partial charge in [0.25, 0.3) is 0 Å². The highest BCUT2D eigenvalue weighted by molar-refractivity contribution is 5.28. The largest absolute Gasteiger partial charge is 0.497 e. The number of methoxy groups -OCH3 is 1. The van der Waals surface area contributed by atoms with Crippen molar-refractivity contribution in [3.05, 3.63) is 41.7 Å². The minimum Gasteiger partial charge on any atom is -0.497 e. The molecule has 2 rings (SSSR count). The maximum absolute atomic E-state index is 5.51. The van der Waals surface area contributed by atoms with Crippen molar-refractivity contribution in [2.75, 3.05) is 26.4 Å². The maximum Gasteiger partial charge on any atom is 0.167 e. The molecule has 0 aliphatic rings. The quantitative estimate of drug-likeness (QED) is 0.861. The fourth-order valence-electron chi connectivity index (χ4n) is 1.90. The van der Waals surface area contributed by atoms with Gasteiger partial charge in [-0.2, -0.15) is 0 Å². The smallest absolute Gasteiger partial charge is 0.167 e. The molecule has 1 aromatic heterocycles. The van der Waals surface area contributed by atoms with Gasteiger partial charge >= 0.3 is 0 Å². The summed E-state index contributed by atoms with van der Waals surface area (Å²) in [7, 11) is 3.72. The van der Waals surface area contributed by atoms with E-state index in [9.17, 15) is 0 Å². The van der Waals surface area contributed by atoms with Crippen LogP contribution < -0.4 is 10.5 Å². The summed E-state index contributed by atoms with van der Waals surface area (Å²) in [5.74, 6) is 2.10. The first-order valence-electron chi connectivity index (χ1n) is 6.20. The molecule has 5 heteroatoms. The van der Waals surface area contributed by atoms with Gasteiger partial charge in [-0.25, -0.2) is 0 Å². The summed E-state index contributed by atoms with van der Waals surface area (Å²) < 4.78 is 10.3. The van der Waals surface area contributed by atoms with Crippen LogP contribution in [0.15, 0.2) is 34.9 Å². The lowest BCUT2D eigenvalue weighted by molar-refractivity contribution is 0.275. The molecule has 0 saturated heterocycles. The fourth-order valence-corrected chi connectivity index (χ4v) is 1.90. The Bertz CT molecular complexity index is 525. The summed E-state index contributed by atoms with van der Waals surface area (Å²) in [6.45, 7) is 1.63. The molecular formula is C14H19N3O2. The van der Waals surface area contributed by atoms with Crippen molar-refractivity contribution in [1.82, 2.24) is 10.1 Å². The Morgan fingerprint density at radius 1 is 1.37 bits per heavy atom. The van der Waals surface area contributed by atoms with E-state index in [-0.39, 0.29) is 0 Å². The zero-order valence-corrected chi connectivity index (χ0v) is 11.3. The van der Waals surface area contributed by atoms with Crippen LogP contribution >= 0.6 is 0 Å². The highest BCUT2D eigenvalue weighted by atomic mass is 16.5. The normalized spacial score (nSPS) is 10.9. The Morgan fingerprint density at radius 3 is 2.89 bits per heavy atom. The average Bonchev–Trinajstić information content (AvgIpc) is 2.82. The van der Waals surface area contributed by atoms with Gasteiger partial charge in [0.05, 0.1) is 13.7 Å². The van der Waals surface area contributed by atoms with Gasteiger partial charge in [-0.15, -0.1) is 0 Å². The number of rotatable bonds is 6. The van der Waals surface area contributed by atoms with E-state index in [2.05, 4.69) is 22.2 Å². The Hall–Kier alpha value is -2.01. The number of benzene rings is 1. The lowest BCUT2D eigenvalue weighted by Crippen LogP contribution is -2.20. The third-order valence-corrected chi connectivity index (χ3v) is 2.92. The number of likely N-dealkylation sites (N-methyl/N-ethyl adjacent to an activating group) is 1. The van der Waals surface area contributed by atoms with E-state index in [0.29, 0.717) is 12.4 Å². The first-order valence-corrected chi connectivity index (χ1v) is 6.20. The number of ether oxygens (including phenoxy) is 1. The molecule has 0 aliphatic carbocycles. The number of nitrogens with zero attached hydrogens (tertiary/aromatic N) is 2. The third kappa shape index (κ3) is 3.99. The first-order chi connectivity index (χ1) is 9.17. The van der Waals surface area contributed by atoms with Crippen LogP contribution in [0.2, 0.25) is 0 Å². The molecule has 0 unspecified atom stereocenters. The van der Waals surface area contributed by atoms with E-state index in [0.717, 1.165) is 24.5 Å². The van der Waals surface area contributed by atoms with Gasteiger partial charge in [-0.3, -0.25) is 4.90 Å². The Labute approximate surface area is 112 Å². The third-order valence-electron chi connectivity index (χ3n) is 2.92. The summed E-state index contributed by atoms with van der Waals surface area (Å²) >= 11 is 0. The molecule has 102 valence electrons. The van der Waals surface area contributed by atoms with E-state index in [1.54, 1.807) is 13.2 Å². The van der Waals surface area contributed by atoms with Crippen molar-refractivity contribution in [3.8, 4) is 5.75 Å². The highest BCUT2D eigenvalue weighted by Gasteiger charge is 2.06. The number of hydrogen-bond acceptors (Lipinski definition) is 5. The van der Waals surface area contributed by atoms with E-state index in [4.69, 9.17) is 15.0 Å². The second-order valence-corrected chi connectivity index (χ2v) is 4.56. The summed E-state index contributed by atoms with van der Waals surface area (Å²) in [6.07, 6.45) is 0.956. The van der Waals surface area contributed by atoms with Crippen LogP contribution in [0.4, 0.5) is 5.82 Å². The summed E-state index contributed by atoms with van der Waals surface area (Å²) in [5, 5.41) is 3.67. The molecule has 0 spiro atoms. The minimum atomic E-state index is 0.427.